The van der Waals surface area contributed by atoms with Crippen LogP contribution >= 0.6 is 0 Å². The Morgan fingerprint density at radius 2 is 2.00 bits per heavy atom. The summed E-state index contributed by atoms with van der Waals surface area (Å²) in [7, 11) is 2.02. The second kappa shape index (κ2) is 4.78. The summed E-state index contributed by atoms with van der Waals surface area (Å²) in [5.41, 5.74) is 7.79. The fourth-order valence-electron chi connectivity index (χ4n) is 1.65. The maximum Gasteiger partial charge on any atom is 0.225 e. The number of nitrogens with two attached hydrogens (primary N) is 1. The lowest BCUT2D eigenvalue weighted by Crippen LogP contribution is -2.30. The molecule has 0 amide bonds. The molecule has 0 spiro atoms. The molecule has 0 saturated carbocycles. The molecule has 0 bridgehead atoms. The first-order valence-electron chi connectivity index (χ1n) is 5.57. The van der Waals surface area contributed by atoms with E-state index in [-0.39, 0.29) is 5.41 Å². The van der Waals surface area contributed by atoms with Crippen molar-refractivity contribution in [3.8, 4) is 0 Å². The summed E-state index contributed by atoms with van der Waals surface area (Å²) < 4.78 is 0. The van der Waals surface area contributed by atoms with E-state index in [0.29, 0.717) is 6.54 Å². The van der Waals surface area contributed by atoms with Crippen LogP contribution in [-0.4, -0.2) is 23.6 Å². The molecule has 0 unspecified atom stereocenters. The number of anilines is 1. The lowest BCUT2D eigenvalue weighted by molar-refractivity contribution is 0.416. The minimum atomic E-state index is 0.235. The van der Waals surface area contributed by atoms with Crippen molar-refractivity contribution in [1.82, 2.24) is 9.97 Å². The summed E-state index contributed by atoms with van der Waals surface area (Å²) in [6.45, 7) is 9.99. The molecule has 1 aromatic rings. The average Bonchev–Trinajstić information content (AvgIpc) is 2.15. The first kappa shape index (κ1) is 12.9. The summed E-state index contributed by atoms with van der Waals surface area (Å²) in [6, 6.07) is 0. The highest BCUT2D eigenvalue weighted by atomic mass is 15.2. The molecule has 4 heteroatoms. The van der Waals surface area contributed by atoms with E-state index in [9.17, 15) is 0 Å². The lowest BCUT2D eigenvalue weighted by Gasteiger charge is -2.26. The highest BCUT2D eigenvalue weighted by molar-refractivity contribution is 5.32. The van der Waals surface area contributed by atoms with E-state index in [1.165, 1.54) is 0 Å². The minimum Gasteiger partial charge on any atom is -0.343 e. The van der Waals surface area contributed by atoms with E-state index in [1.807, 2.05) is 20.2 Å². The number of aromatic nitrogens is 2. The maximum absolute atomic E-state index is 5.58. The van der Waals surface area contributed by atoms with Crippen molar-refractivity contribution in [3.63, 3.8) is 0 Å². The zero-order valence-electron chi connectivity index (χ0n) is 10.9. The van der Waals surface area contributed by atoms with Crippen molar-refractivity contribution >= 4 is 5.95 Å². The molecule has 0 fully saturated rings. The Balaban J connectivity index is 2.85. The monoisotopic (exact) mass is 222 g/mol. The van der Waals surface area contributed by atoms with Gasteiger partial charge in [0.2, 0.25) is 5.95 Å². The van der Waals surface area contributed by atoms with Crippen LogP contribution in [-0.2, 0) is 6.54 Å². The molecule has 0 aliphatic carbocycles. The van der Waals surface area contributed by atoms with E-state index in [1.54, 1.807) is 0 Å². The number of aryl methyl sites for hydroxylation is 1. The molecule has 16 heavy (non-hydrogen) atoms. The summed E-state index contributed by atoms with van der Waals surface area (Å²) in [5.74, 6) is 0.768. The third-order valence-electron chi connectivity index (χ3n) is 2.34. The topological polar surface area (TPSA) is 55.0 Å². The zero-order valence-corrected chi connectivity index (χ0v) is 10.9. The van der Waals surface area contributed by atoms with E-state index in [2.05, 4.69) is 35.6 Å². The van der Waals surface area contributed by atoms with Gasteiger partial charge < -0.3 is 10.6 Å². The Hall–Kier alpha value is -1.16. The molecule has 0 saturated heterocycles. The third kappa shape index (κ3) is 3.45. The van der Waals surface area contributed by atoms with Gasteiger partial charge in [-0.1, -0.05) is 20.8 Å². The van der Waals surface area contributed by atoms with Crippen LogP contribution in [0.2, 0.25) is 0 Å². The van der Waals surface area contributed by atoms with E-state index < -0.39 is 0 Å². The standard InChI is InChI=1S/C12H22N4/c1-9-10(6-13)7-14-11(15-9)16(5)8-12(2,3)4/h7H,6,8,13H2,1-5H3. The molecule has 0 atom stereocenters. The first-order chi connectivity index (χ1) is 7.33. The Bertz CT molecular complexity index is 355. The van der Waals surface area contributed by atoms with Crippen LogP contribution in [0.4, 0.5) is 5.95 Å². The molecule has 0 aliphatic heterocycles. The Labute approximate surface area is 97.9 Å². The largest absolute Gasteiger partial charge is 0.343 e. The molecule has 90 valence electrons. The lowest BCUT2D eigenvalue weighted by atomic mass is 9.96. The summed E-state index contributed by atoms with van der Waals surface area (Å²) in [4.78, 5) is 10.9. The molecule has 2 N–H and O–H groups in total. The van der Waals surface area contributed by atoms with Crippen molar-refractivity contribution in [1.29, 1.82) is 0 Å². The summed E-state index contributed by atoms with van der Waals surface area (Å²) in [5, 5.41) is 0. The number of rotatable bonds is 3. The molecular formula is C12H22N4. The highest BCUT2D eigenvalue weighted by Gasteiger charge is 2.15. The van der Waals surface area contributed by atoms with Gasteiger partial charge in [-0.3, -0.25) is 0 Å². The average molecular weight is 222 g/mol. The van der Waals surface area contributed by atoms with Crippen molar-refractivity contribution < 1.29 is 0 Å². The van der Waals surface area contributed by atoms with Gasteiger partial charge in [-0.05, 0) is 12.3 Å². The molecular weight excluding hydrogens is 200 g/mol. The van der Waals surface area contributed by atoms with Gasteiger partial charge in [0.15, 0.2) is 0 Å². The van der Waals surface area contributed by atoms with Crippen LogP contribution in [0.25, 0.3) is 0 Å². The molecule has 1 rings (SSSR count). The normalized spacial score (nSPS) is 11.6. The van der Waals surface area contributed by atoms with Crippen molar-refractivity contribution in [3.05, 3.63) is 17.5 Å². The van der Waals surface area contributed by atoms with Crippen LogP contribution in [0.3, 0.4) is 0 Å². The molecule has 0 radical (unpaired) electrons. The van der Waals surface area contributed by atoms with Crippen molar-refractivity contribution in [2.75, 3.05) is 18.5 Å². The van der Waals surface area contributed by atoms with Crippen LogP contribution < -0.4 is 10.6 Å². The second-order valence-electron chi connectivity index (χ2n) is 5.40. The van der Waals surface area contributed by atoms with E-state index in [4.69, 9.17) is 5.73 Å². The second-order valence-corrected chi connectivity index (χ2v) is 5.40. The number of hydrogen-bond donors (Lipinski definition) is 1. The highest BCUT2D eigenvalue weighted by Crippen LogP contribution is 2.17. The maximum atomic E-state index is 5.58. The third-order valence-corrected chi connectivity index (χ3v) is 2.34. The van der Waals surface area contributed by atoms with Crippen molar-refractivity contribution in [2.45, 2.75) is 34.2 Å². The molecule has 0 aliphatic rings. The van der Waals surface area contributed by atoms with Crippen LogP contribution in [0.15, 0.2) is 6.20 Å². The predicted octanol–water partition coefficient (Wildman–Crippen LogP) is 1.73. The smallest absolute Gasteiger partial charge is 0.225 e. The Kier molecular flexibility index (Phi) is 3.86. The quantitative estimate of drug-likeness (QED) is 0.846. The number of nitrogens with zero attached hydrogens (tertiary/aromatic N) is 3. The summed E-state index contributed by atoms with van der Waals surface area (Å²) >= 11 is 0. The van der Waals surface area contributed by atoms with Gasteiger partial charge >= 0.3 is 0 Å². The van der Waals surface area contributed by atoms with Gasteiger partial charge in [0.05, 0.1) is 0 Å². The van der Waals surface area contributed by atoms with Gasteiger partial charge in [-0.2, -0.15) is 0 Å². The molecule has 4 nitrogen and oxygen atoms in total. The SMILES string of the molecule is Cc1nc(N(C)CC(C)(C)C)ncc1CN. The molecule has 1 heterocycles. The van der Waals surface area contributed by atoms with Crippen LogP contribution in [0.1, 0.15) is 32.0 Å². The fraction of sp³-hybridized carbons (Fsp3) is 0.667. The fourth-order valence-corrected chi connectivity index (χ4v) is 1.65. The predicted molar refractivity (Wildman–Crippen MR) is 67.4 cm³/mol. The van der Waals surface area contributed by atoms with E-state index >= 15 is 0 Å². The van der Waals surface area contributed by atoms with Gasteiger partial charge in [0, 0.05) is 37.6 Å². The van der Waals surface area contributed by atoms with Crippen LogP contribution in [0, 0.1) is 12.3 Å². The Morgan fingerprint density at radius 3 is 2.44 bits per heavy atom. The zero-order chi connectivity index (χ0) is 12.3. The minimum absolute atomic E-state index is 0.235. The Morgan fingerprint density at radius 1 is 1.38 bits per heavy atom. The van der Waals surface area contributed by atoms with Crippen molar-refractivity contribution in [2.24, 2.45) is 11.1 Å². The van der Waals surface area contributed by atoms with Gasteiger partial charge in [-0.15, -0.1) is 0 Å². The van der Waals surface area contributed by atoms with Gasteiger partial charge in [-0.25, -0.2) is 9.97 Å². The van der Waals surface area contributed by atoms with E-state index in [0.717, 1.165) is 23.8 Å². The van der Waals surface area contributed by atoms with Crippen LogP contribution in [0.5, 0.6) is 0 Å². The van der Waals surface area contributed by atoms with Gasteiger partial charge in [0.25, 0.3) is 0 Å². The molecule has 0 aromatic carbocycles. The molecule has 1 aromatic heterocycles. The first-order valence-corrected chi connectivity index (χ1v) is 5.57. The summed E-state index contributed by atoms with van der Waals surface area (Å²) in [6.07, 6.45) is 1.82. The number of hydrogen-bond acceptors (Lipinski definition) is 4. The van der Waals surface area contributed by atoms with Gasteiger partial charge in [0.1, 0.15) is 0 Å².